The van der Waals surface area contributed by atoms with E-state index in [1.54, 1.807) is 0 Å². The van der Waals surface area contributed by atoms with Crippen molar-refractivity contribution in [2.24, 2.45) is 18.7 Å². The first kappa shape index (κ1) is 12.7. The van der Waals surface area contributed by atoms with Gasteiger partial charge in [-0.3, -0.25) is 0 Å². The summed E-state index contributed by atoms with van der Waals surface area (Å²) in [5.41, 5.74) is 9.61. The summed E-state index contributed by atoms with van der Waals surface area (Å²) in [6, 6.07) is 6.66. The van der Waals surface area contributed by atoms with Crippen molar-refractivity contribution >= 4 is 11.0 Å². The van der Waals surface area contributed by atoms with Crippen LogP contribution in [0.4, 0.5) is 0 Å². The number of aryl methyl sites for hydroxylation is 1. The minimum atomic E-state index is 0.427. The number of hydrogen-bond donors (Lipinski definition) is 1. The molecule has 2 aromatic rings. The van der Waals surface area contributed by atoms with Crippen molar-refractivity contribution in [3.8, 4) is 0 Å². The Morgan fingerprint density at radius 3 is 2.68 bits per heavy atom. The molecule has 1 aliphatic rings. The van der Waals surface area contributed by atoms with E-state index in [2.05, 4.69) is 43.7 Å². The van der Waals surface area contributed by atoms with Crippen molar-refractivity contribution in [2.75, 3.05) is 6.54 Å². The standard InChI is InChI=1S/C16H23N3/c1-10(2)13(9-17)12-6-7-15-14(8-12)18-16(19(15)3)11-4-5-11/h6-8,10-11,13H,4-5,9,17H2,1-3H3. The number of nitrogens with two attached hydrogens (primary N) is 1. The third kappa shape index (κ3) is 2.16. The Bertz CT molecular complexity index is 593. The van der Waals surface area contributed by atoms with Gasteiger partial charge in [0.1, 0.15) is 5.82 Å². The molecule has 1 saturated carbocycles. The fraction of sp³-hybridized carbons (Fsp3) is 0.562. The summed E-state index contributed by atoms with van der Waals surface area (Å²) in [7, 11) is 2.13. The number of imidazole rings is 1. The monoisotopic (exact) mass is 257 g/mol. The van der Waals surface area contributed by atoms with Gasteiger partial charge in [0.25, 0.3) is 0 Å². The van der Waals surface area contributed by atoms with E-state index in [-0.39, 0.29) is 0 Å². The van der Waals surface area contributed by atoms with Crippen molar-refractivity contribution < 1.29 is 0 Å². The highest BCUT2D eigenvalue weighted by molar-refractivity contribution is 5.77. The Morgan fingerprint density at radius 2 is 2.11 bits per heavy atom. The number of nitrogens with zero attached hydrogens (tertiary/aromatic N) is 2. The van der Waals surface area contributed by atoms with Crippen molar-refractivity contribution in [1.29, 1.82) is 0 Å². The molecule has 3 heteroatoms. The first-order chi connectivity index (χ1) is 9.11. The highest BCUT2D eigenvalue weighted by atomic mass is 15.1. The SMILES string of the molecule is CC(C)C(CN)c1ccc2c(c1)nc(C1CC1)n2C. The van der Waals surface area contributed by atoms with E-state index in [0.717, 1.165) is 5.52 Å². The molecule has 0 saturated heterocycles. The van der Waals surface area contributed by atoms with Crippen LogP contribution in [-0.2, 0) is 7.05 Å². The molecule has 0 radical (unpaired) electrons. The average Bonchev–Trinajstić information content (AvgIpc) is 3.16. The number of hydrogen-bond acceptors (Lipinski definition) is 2. The Balaban J connectivity index is 2.05. The molecule has 1 fully saturated rings. The maximum Gasteiger partial charge on any atom is 0.112 e. The quantitative estimate of drug-likeness (QED) is 0.914. The molecule has 1 aliphatic carbocycles. The predicted molar refractivity (Wildman–Crippen MR) is 79.3 cm³/mol. The van der Waals surface area contributed by atoms with Gasteiger partial charge in [-0.05, 0) is 48.9 Å². The lowest BCUT2D eigenvalue weighted by molar-refractivity contribution is 0.507. The van der Waals surface area contributed by atoms with E-state index in [1.165, 1.54) is 29.7 Å². The average molecular weight is 257 g/mol. The number of rotatable bonds is 4. The summed E-state index contributed by atoms with van der Waals surface area (Å²) in [5.74, 6) is 2.93. The molecule has 1 aromatic heterocycles. The van der Waals surface area contributed by atoms with Crippen LogP contribution in [0.1, 0.15) is 49.9 Å². The molecule has 19 heavy (non-hydrogen) atoms. The van der Waals surface area contributed by atoms with Gasteiger partial charge >= 0.3 is 0 Å². The molecule has 1 atom stereocenters. The van der Waals surface area contributed by atoms with Crippen LogP contribution in [0.2, 0.25) is 0 Å². The lowest BCUT2D eigenvalue weighted by Crippen LogP contribution is -2.17. The second-order valence-electron chi connectivity index (χ2n) is 6.14. The molecule has 0 spiro atoms. The van der Waals surface area contributed by atoms with E-state index >= 15 is 0 Å². The van der Waals surface area contributed by atoms with Crippen molar-refractivity contribution in [1.82, 2.24) is 9.55 Å². The van der Waals surface area contributed by atoms with Gasteiger partial charge in [-0.1, -0.05) is 19.9 Å². The van der Waals surface area contributed by atoms with Gasteiger partial charge < -0.3 is 10.3 Å². The Labute approximate surface area is 114 Å². The highest BCUT2D eigenvalue weighted by Crippen LogP contribution is 2.40. The van der Waals surface area contributed by atoms with Gasteiger partial charge in [-0.25, -0.2) is 4.98 Å². The fourth-order valence-corrected chi connectivity index (χ4v) is 2.97. The van der Waals surface area contributed by atoms with Crippen LogP contribution in [0, 0.1) is 5.92 Å². The van der Waals surface area contributed by atoms with Crippen molar-refractivity contribution in [3.63, 3.8) is 0 Å². The number of benzene rings is 1. The van der Waals surface area contributed by atoms with Gasteiger partial charge in [0.15, 0.2) is 0 Å². The maximum absolute atomic E-state index is 5.92. The molecule has 0 amide bonds. The zero-order valence-electron chi connectivity index (χ0n) is 12.1. The zero-order chi connectivity index (χ0) is 13.6. The van der Waals surface area contributed by atoms with Gasteiger partial charge in [-0.2, -0.15) is 0 Å². The van der Waals surface area contributed by atoms with Gasteiger partial charge in [0, 0.05) is 13.0 Å². The second-order valence-corrected chi connectivity index (χ2v) is 6.14. The van der Waals surface area contributed by atoms with Crippen LogP contribution in [0.15, 0.2) is 18.2 Å². The molecule has 0 aliphatic heterocycles. The van der Waals surface area contributed by atoms with E-state index in [9.17, 15) is 0 Å². The van der Waals surface area contributed by atoms with Crippen LogP contribution >= 0.6 is 0 Å². The van der Waals surface area contributed by atoms with Crippen LogP contribution in [0.3, 0.4) is 0 Å². The summed E-state index contributed by atoms with van der Waals surface area (Å²) in [6.45, 7) is 5.16. The molecule has 1 aromatic carbocycles. The summed E-state index contributed by atoms with van der Waals surface area (Å²) >= 11 is 0. The molecule has 0 bridgehead atoms. The first-order valence-corrected chi connectivity index (χ1v) is 7.28. The lowest BCUT2D eigenvalue weighted by atomic mass is 9.88. The fourth-order valence-electron chi connectivity index (χ4n) is 2.97. The molecule has 2 N–H and O–H groups in total. The topological polar surface area (TPSA) is 43.8 Å². The largest absolute Gasteiger partial charge is 0.331 e. The molecule has 3 nitrogen and oxygen atoms in total. The molecule has 1 unspecified atom stereocenters. The van der Waals surface area contributed by atoms with Gasteiger partial charge in [-0.15, -0.1) is 0 Å². The van der Waals surface area contributed by atoms with Crippen LogP contribution in [0.25, 0.3) is 11.0 Å². The summed E-state index contributed by atoms with van der Waals surface area (Å²) in [4.78, 5) is 4.83. The third-order valence-corrected chi connectivity index (χ3v) is 4.37. The minimum absolute atomic E-state index is 0.427. The van der Waals surface area contributed by atoms with Crippen molar-refractivity contribution in [3.05, 3.63) is 29.6 Å². The smallest absolute Gasteiger partial charge is 0.112 e. The van der Waals surface area contributed by atoms with Crippen LogP contribution in [-0.4, -0.2) is 16.1 Å². The molecule has 3 rings (SSSR count). The summed E-state index contributed by atoms with van der Waals surface area (Å²) in [6.07, 6.45) is 2.59. The van der Waals surface area contributed by atoms with Crippen LogP contribution in [0.5, 0.6) is 0 Å². The lowest BCUT2D eigenvalue weighted by Gasteiger charge is -2.19. The van der Waals surface area contributed by atoms with Crippen LogP contribution < -0.4 is 5.73 Å². The Kier molecular flexibility index (Phi) is 3.09. The Hall–Kier alpha value is -1.35. The summed E-state index contributed by atoms with van der Waals surface area (Å²) < 4.78 is 2.25. The van der Waals surface area contributed by atoms with Crippen molar-refractivity contribution in [2.45, 2.75) is 38.5 Å². The minimum Gasteiger partial charge on any atom is -0.331 e. The summed E-state index contributed by atoms with van der Waals surface area (Å²) in [5, 5.41) is 0. The van der Waals surface area contributed by atoms with Gasteiger partial charge in [0.05, 0.1) is 11.0 Å². The predicted octanol–water partition coefficient (Wildman–Crippen LogP) is 3.15. The Morgan fingerprint density at radius 1 is 1.37 bits per heavy atom. The molecule has 102 valence electrons. The van der Waals surface area contributed by atoms with E-state index in [0.29, 0.717) is 24.3 Å². The molecule has 1 heterocycles. The number of fused-ring (bicyclic) bond motifs is 1. The molecular formula is C16H23N3. The zero-order valence-corrected chi connectivity index (χ0v) is 12.1. The first-order valence-electron chi connectivity index (χ1n) is 7.28. The van der Waals surface area contributed by atoms with Gasteiger partial charge in [0.2, 0.25) is 0 Å². The normalized spacial score (nSPS) is 17.3. The maximum atomic E-state index is 5.92. The molecular weight excluding hydrogens is 234 g/mol. The number of aromatic nitrogens is 2. The highest BCUT2D eigenvalue weighted by Gasteiger charge is 2.28. The van der Waals surface area contributed by atoms with E-state index in [4.69, 9.17) is 10.7 Å². The van der Waals surface area contributed by atoms with E-state index in [1.807, 2.05) is 0 Å². The van der Waals surface area contributed by atoms with E-state index < -0.39 is 0 Å². The second kappa shape index (κ2) is 4.64. The third-order valence-electron chi connectivity index (χ3n) is 4.37.